The average Bonchev–Trinajstić information content (AvgIpc) is 2.43. The van der Waals surface area contributed by atoms with Crippen molar-refractivity contribution in [2.45, 2.75) is 12.8 Å². The highest BCUT2D eigenvalue weighted by Crippen LogP contribution is 2.43. The molecule has 2 unspecified atom stereocenters. The van der Waals surface area contributed by atoms with E-state index in [9.17, 15) is 0 Å². The average molecular weight is 112 g/mol. The second-order valence-corrected chi connectivity index (χ2v) is 3.04. The maximum absolute atomic E-state index is 5.59. The van der Waals surface area contributed by atoms with Crippen molar-refractivity contribution < 1.29 is 0 Å². The van der Waals surface area contributed by atoms with Crippen LogP contribution < -0.4 is 5.84 Å². The number of hydrogen-bond acceptors (Lipinski definition) is 2. The summed E-state index contributed by atoms with van der Waals surface area (Å²) in [5.41, 5.74) is 0. The summed E-state index contributed by atoms with van der Waals surface area (Å²) in [5.74, 6) is 7.63. The van der Waals surface area contributed by atoms with Gasteiger partial charge in [0, 0.05) is 13.1 Å². The van der Waals surface area contributed by atoms with Crippen LogP contribution in [0.4, 0.5) is 0 Å². The van der Waals surface area contributed by atoms with Gasteiger partial charge in [-0.15, -0.1) is 0 Å². The number of nitrogens with zero attached hydrogens (tertiary/aromatic N) is 1. The van der Waals surface area contributed by atoms with E-state index < -0.39 is 0 Å². The molecule has 1 saturated carbocycles. The molecule has 1 aliphatic heterocycles. The van der Waals surface area contributed by atoms with Crippen LogP contribution >= 0.6 is 0 Å². The van der Waals surface area contributed by atoms with Crippen LogP contribution in [-0.2, 0) is 0 Å². The zero-order valence-corrected chi connectivity index (χ0v) is 5.01. The molecule has 2 fully saturated rings. The van der Waals surface area contributed by atoms with Gasteiger partial charge in [-0.2, -0.15) is 0 Å². The van der Waals surface area contributed by atoms with E-state index in [-0.39, 0.29) is 0 Å². The van der Waals surface area contributed by atoms with Crippen molar-refractivity contribution in [3.8, 4) is 0 Å². The van der Waals surface area contributed by atoms with Gasteiger partial charge in [0.2, 0.25) is 0 Å². The normalized spacial score (nSPS) is 46.1. The highest BCUT2D eigenvalue weighted by molar-refractivity contribution is 4.91. The van der Waals surface area contributed by atoms with Gasteiger partial charge in [-0.3, -0.25) is 5.84 Å². The zero-order chi connectivity index (χ0) is 5.56. The van der Waals surface area contributed by atoms with Gasteiger partial charge < -0.3 is 0 Å². The van der Waals surface area contributed by atoms with E-state index in [1.807, 2.05) is 5.01 Å². The molecule has 1 aliphatic carbocycles. The van der Waals surface area contributed by atoms with Crippen LogP contribution in [0.5, 0.6) is 0 Å². The van der Waals surface area contributed by atoms with E-state index in [4.69, 9.17) is 5.84 Å². The molecule has 2 heteroatoms. The standard InChI is InChI=1S/C6H12N2/c7-8-2-1-5-3-6(5)4-8/h5-6H,1-4,7H2. The van der Waals surface area contributed by atoms with E-state index in [1.165, 1.54) is 12.8 Å². The van der Waals surface area contributed by atoms with Crippen molar-refractivity contribution >= 4 is 0 Å². The summed E-state index contributed by atoms with van der Waals surface area (Å²) < 4.78 is 0. The van der Waals surface area contributed by atoms with Gasteiger partial charge in [0.25, 0.3) is 0 Å². The zero-order valence-electron chi connectivity index (χ0n) is 5.01. The van der Waals surface area contributed by atoms with Crippen LogP contribution in [0, 0.1) is 11.8 Å². The highest BCUT2D eigenvalue weighted by Gasteiger charge is 2.40. The lowest BCUT2D eigenvalue weighted by molar-refractivity contribution is 0.225. The van der Waals surface area contributed by atoms with Crippen LogP contribution in [-0.4, -0.2) is 18.1 Å². The Kier molecular flexibility index (Phi) is 0.866. The molecule has 46 valence electrons. The van der Waals surface area contributed by atoms with Crippen LogP contribution in [0.3, 0.4) is 0 Å². The first-order valence-corrected chi connectivity index (χ1v) is 3.36. The Balaban J connectivity index is 1.93. The van der Waals surface area contributed by atoms with Gasteiger partial charge in [0.15, 0.2) is 0 Å². The second kappa shape index (κ2) is 1.45. The van der Waals surface area contributed by atoms with Gasteiger partial charge in [0.05, 0.1) is 0 Å². The van der Waals surface area contributed by atoms with Crippen molar-refractivity contribution in [2.75, 3.05) is 13.1 Å². The van der Waals surface area contributed by atoms with Gasteiger partial charge in [-0.25, -0.2) is 5.01 Å². The predicted molar refractivity (Wildman–Crippen MR) is 32.0 cm³/mol. The van der Waals surface area contributed by atoms with Crippen LogP contribution in [0.2, 0.25) is 0 Å². The lowest BCUT2D eigenvalue weighted by atomic mass is 10.2. The summed E-state index contributed by atoms with van der Waals surface area (Å²) in [4.78, 5) is 0. The van der Waals surface area contributed by atoms with Gasteiger partial charge in [-0.1, -0.05) is 0 Å². The summed E-state index contributed by atoms with van der Waals surface area (Å²) in [5, 5.41) is 1.95. The maximum atomic E-state index is 5.59. The van der Waals surface area contributed by atoms with Crippen molar-refractivity contribution in [1.29, 1.82) is 0 Å². The second-order valence-electron chi connectivity index (χ2n) is 3.04. The van der Waals surface area contributed by atoms with Gasteiger partial charge >= 0.3 is 0 Å². The molecule has 0 amide bonds. The molecular weight excluding hydrogens is 100 g/mol. The first kappa shape index (κ1) is 4.77. The summed E-state index contributed by atoms with van der Waals surface area (Å²) in [6, 6.07) is 0. The summed E-state index contributed by atoms with van der Waals surface area (Å²) in [6.45, 7) is 2.28. The fourth-order valence-electron chi connectivity index (χ4n) is 1.61. The molecular formula is C6H12N2. The highest BCUT2D eigenvalue weighted by atomic mass is 15.4. The number of fused-ring (bicyclic) bond motifs is 1. The first-order valence-electron chi connectivity index (χ1n) is 3.36. The molecule has 2 N–H and O–H groups in total. The number of nitrogens with two attached hydrogens (primary N) is 1. The minimum atomic E-state index is 0.980. The van der Waals surface area contributed by atoms with Crippen molar-refractivity contribution in [1.82, 2.24) is 5.01 Å². The van der Waals surface area contributed by atoms with Gasteiger partial charge in [-0.05, 0) is 24.7 Å². The third-order valence-corrected chi connectivity index (χ3v) is 2.33. The molecule has 0 aromatic carbocycles. The van der Waals surface area contributed by atoms with Crippen LogP contribution in [0.1, 0.15) is 12.8 Å². The minimum absolute atomic E-state index is 0.980. The fourth-order valence-corrected chi connectivity index (χ4v) is 1.61. The monoisotopic (exact) mass is 112 g/mol. The Morgan fingerprint density at radius 3 is 2.88 bits per heavy atom. The smallest absolute Gasteiger partial charge is 0.0159 e. The van der Waals surface area contributed by atoms with Gasteiger partial charge in [0.1, 0.15) is 0 Å². The lowest BCUT2D eigenvalue weighted by Crippen LogP contribution is -2.37. The van der Waals surface area contributed by atoms with E-state index >= 15 is 0 Å². The number of rotatable bonds is 0. The minimum Gasteiger partial charge on any atom is -0.269 e. The molecule has 1 heterocycles. The predicted octanol–water partition coefficient (Wildman–Crippen LogP) is 0.202. The quantitative estimate of drug-likeness (QED) is 0.454. The Hall–Kier alpha value is -0.0800. The van der Waals surface area contributed by atoms with E-state index in [0.29, 0.717) is 0 Å². The Labute approximate surface area is 49.6 Å². The molecule has 0 aromatic rings. The molecule has 1 saturated heterocycles. The molecule has 0 radical (unpaired) electrons. The van der Waals surface area contributed by atoms with Crippen molar-refractivity contribution in [3.63, 3.8) is 0 Å². The number of hydrogen-bond donors (Lipinski definition) is 1. The topological polar surface area (TPSA) is 29.3 Å². The van der Waals surface area contributed by atoms with E-state index in [0.717, 1.165) is 24.9 Å². The Bertz CT molecular complexity index is 103. The van der Waals surface area contributed by atoms with E-state index in [1.54, 1.807) is 0 Å². The largest absolute Gasteiger partial charge is 0.269 e. The Morgan fingerprint density at radius 2 is 2.25 bits per heavy atom. The van der Waals surface area contributed by atoms with E-state index in [2.05, 4.69) is 0 Å². The molecule has 8 heavy (non-hydrogen) atoms. The number of piperidine rings is 1. The molecule has 0 bridgehead atoms. The summed E-state index contributed by atoms with van der Waals surface area (Å²) in [7, 11) is 0. The number of hydrazine groups is 1. The fraction of sp³-hybridized carbons (Fsp3) is 1.00. The maximum Gasteiger partial charge on any atom is 0.0159 e. The third-order valence-electron chi connectivity index (χ3n) is 2.33. The molecule has 0 aromatic heterocycles. The SMILES string of the molecule is NN1CCC2CC2C1. The molecule has 2 nitrogen and oxygen atoms in total. The molecule has 0 spiro atoms. The molecule has 2 atom stereocenters. The lowest BCUT2D eigenvalue weighted by Gasteiger charge is -2.19. The summed E-state index contributed by atoms with van der Waals surface area (Å²) in [6.07, 6.45) is 2.80. The molecule has 2 aliphatic rings. The van der Waals surface area contributed by atoms with Crippen molar-refractivity contribution in [3.05, 3.63) is 0 Å². The first-order chi connectivity index (χ1) is 3.86. The Morgan fingerprint density at radius 1 is 1.38 bits per heavy atom. The van der Waals surface area contributed by atoms with Crippen LogP contribution in [0.15, 0.2) is 0 Å². The summed E-state index contributed by atoms with van der Waals surface area (Å²) >= 11 is 0. The third kappa shape index (κ3) is 0.644. The molecule has 2 rings (SSSR count). The van der Waals surface area contributed by atoms with Crippen molar-refractivity contribution in [2.24, 2.45) is 17.7 Å². The van der Waals surface area contributed by atoms with Crippen LogP contribution in [0.25, 0.3) is 0 Å².